The minimum atomic E-state index is -3.79. The predicted molar refractivity (Wildman–Crippen MR) is 190 cm³/mol. The monoisotopic (exact) mass is 704 g/mol. The van der Waals surface area contributed by atoms with E-state index in [1.807, 2.05) is 62.8 Å². The van der Waals surface area contributed by atoms with Crippen molar-refractivity contribution in [3.63, 3.8) is 0 Å². The average Bonchev–Trinajstić information content (AvgIpc) is 3.37. The van der Waals surface area contributed by atoms with Crippen LogP contribution in [0.4, 0.5) is 9.59 Å². The number of benzene rings is 1. The zero-order valence-corrected chi connectivity index (χ0v) is 32.1. The van der Waals surface area contributed by atoms with E-state index in [1.54, 1.807) is 54.7 Å². The first-order chi connectivity index (χ1) is 22.6. The van der Waals surface area contributed by atoms with Crippen LogP contribution in [-0.4, -0.2) is 90.9 Å². The number of carbonyl (C=O) groups is 3. The van der Waals surface area contributed by atoms with Gasteiger partial charge in [0.1, 0.15) is 17.0 Å². The molecule has 3 unspecified atom stereocenters. The molecule has 0 aliphatic carbocycles. The summed E-state index contributed by atoms with van der Waals surface area (Å²) in [6.45, 7) is 18.7. The van der Waals surface area contributed by atoms with E-state index in [1.165, 1.54) is 0 Å². The van der Waals surface area contributed by atoms with Gasteiger partial charge in [0.15, 0.2) is 5.16 Å². The minimum Gasteiger partial charge on any atom is -0.480 e. The molecule has 3 atom stereocenters. The summed E-state index contributed by atoms with van der Waals surface area (Å²) in [6.07, 6.45) is 2.49. The quantitative estimate of drug-likeness (QED) is 0.182. The Morgan fingerprint density at radius 1 is 1.00 bits per heavy atom. The normalized spacial score (nSPS) is 22.1. The van der Waals surface area contributed by atoms with Gasteiger partial charge in [-0.2, -0.15) is 0 Å². The van der Waals surface area contributed by atoms with Crippen molar-refractivity contribution in [2.45, 2.75) is 117 Å². The van der Waals surface area contributed by atoms with Crippen molar-refractivity contribution >= 4 is 25.5 Å². The Labute approximate surface area is 291 Å². The largest absolute Gasteiger partial charge is 0.480 e. The summed E-state index contributed by atoms with van der Waals surface area (Å²) in [5.41, 5.74) is -0.428. The third-order valence-electron chi connectivity index (χ3n) is 8.51. The molecule has 1 N–H and O–H groups in total. The highest BCUT2D eigenvalue weighted by atomic mass is 31.2. The highest BCUT2D eigenvalue weighted by Gasteiger charge is 2.66. The Morgan fingerprint density at radius 3 is 2.08 bits per heavy atom. The maximum absolute atomic E-state index is 14.9. The summed E-state index contributed by atoms with van der Waals surface area (Å²) in [7, 11) is -1.86. The van der Waals surface area contributed by atoms with Crippen LogP contribution in [0.3, 0.4) is 0 Å². The molecule has 1 saturated heterocycles. The summed E-state index contributed by atoms with van der Waals surface area (Å²) in [4.78, 5) is 47.5. The molecule has 49 heavy (non-hydrogen) atoms. The van der Waals surface area contributed by atoms with E-state index in [0.29, 0.717) is 13.1 Å². The molecule has 0 spiro atoms. The third kappa shape index (κ3) is 9.52. The molecule has 1 aromatic carbocycles. The van der Waals surface area contributed by atoms with Crippen LogP contribution < -0.4 is 0 Å². The van der Waals surface area contributed by atoms with E-state index >= 15 is 0 Å². The summed E-state index contributed by atoms with van der Waals surface area (Å²) < 4.78 is 33.9. The van der Waals surface area contributed by atoms with Crippen LogP contribution in [0.15, 0.2) is 36.7 Å². The van der Waals surface area contributed by atoms with Crippen LogP contribution in [0.25, 0.3) is 11.4 Å². The van der Waals surface area contributed by atoms with Crippen molar-refractivity contribution in [1.29, 1.82) is 0 Å². The number of imide groups is 1. The van der Waals surface area contributed by atoms with Gasteiger partial charge in [0, 0.05) is 56.8 Å². The molecule has 0 saturated carbocycles. The van der Waals surface area contributed by atoms with E-state index < -0.39 is 53.3 Å². The number of carboxylic acid groups (broad SMARTS) is 1. The first-order valence-electron chi connectivity index (χ1n) is 17.1. The Kier molecular flexibility index (Phi) is 12.6. The van der Waals surface area contributed by atoms with E-state index in [4.69, 9.17) is 14.0 Å². The fraction of sp³-hybridized carbons (Fsp3) is 0.667. The van der Waals surface area contributed by atoms with Gasteiger partial charge in [-0.1, -0.05) is 45.0 Å². The Balaban J connectivity index is 2.01. The third-order valence-corrected chi connectivity index (χ3v) is 11.8. The summed E-state index contributed by atoms with van der Waals surface area (Å²) >= 11 is 0. The number of unbranched alkanes of at least 4 members (excludes halogenated alkanes) is 1. The Morgan fingerprint density at radius 2 is 1.59 bits per heavy atom. The van der Waals surface area contributed by atoms with Gasteiger partial charge in [-0.25, -0.2) is 19.5 Å². The summed E-state index contributed by atoms with van der Waals surface area (Å²) in [5, 5.41) is 9.44. The maximum atomic E-state index is 14.9. The number of ether oxygens (including phenoxy) is 2. The lowest BCUT2D eigenvalue weighted by molar-refractivity contribution is -0.146. The van der Waals surface area contributed by atoms with Gasteiger partial charge in [-0.15, -0.1) is 0 Å². The number of nitrogens with zero attached hydrogens (tertiary/aromatic N) is 4. The number of carbonyl (C=O) groups excluding carboxylic acids is 2. The molecule has 1 aromatic heterocycles. The van der Waals surface area contributed by atoms with Crippen molar-refractivity contribution in [2.24, 2.45) is 12.5 Å². The molecule has 1 fully saturated rings. The maximum Gasteiger partial charge on any atom is 0.419 e. The predicted octanol–water partition coefficient (Wildman–Crippen LogP) is 7.80. The van der Waals surface area contributed by atoms with Gasteiger partial charge in [-0.3, -0.25) is 14.3 Å². The van der Waals surface area contributed by atoms with Gasteiger partial charge in [0.25, 0.3) is 0 Å². The smallest absolute Gasteiger partial charge is 0.419 e. The van der Waals surface area contributed by atoms with Crippen LogP contribution >= 0.6 is 7.37 Å². The number of aromatic nitrogens is 2. The van der Waals surface area contributed by atoms with Crippen LogP contribution in [0.5, 0.6) is 0 Å². The van der Waals surface area contributed by atoms with Crippen molar-refractivity contribution in [2.75, 3.05) is 25.9 Å². The van der Waals surface area contributed by atoms with Crippen LogP contribution in [0.1, 0.15) is 94.1 Å². The van der Waals surface area contributed by atoms with E-state index in [2.05, 4.69) is 9.88 Å². The molecule has 2 amide bonds. The van der Waals surface area contributed by atoms with Gasteiger partial charge in [-0.05, 0) is 78.7 Å². The fourth-order valence-corrected chi connectivity index (χ4v) is 10.3. The Bertz CT molecular complexity index is 1490. The molecule has 12 nitrogen and oxygen atoms in total. The minimum absolute atomic E-state index is 0.00946. The number of carboxylic acids is 1. The lowest BCUT2D eigenvalue weighted by atomic mass is 9.74. The molecule has 274 valence electrons. The second-order valence-electron chi connectivity index (χ2n) is 15.9. The molecule has 0 bridgehead atoms. The van der Waals surface area contributed by atoms with Crippen LogP contribution in [0, 0.1) is 5.41 Å². The van der Waals surface area contributed by atoms with Gasteiger partial charge in [0.2, 0.25) is 7.37 Å². The molecular weight excluding hydrogens is 647 g/mol. The molecule has 2 heterocycles. The molecule has 3 rings (SSSR count). The number of aliphatic carboxylic acids is 1. The fourth-order valence-electron chi connectivity index (χ4n) is 6.85. The number of hydrogen-bond donors (Lipinski definition) is 1. The standard InChI is InChI=1S/C36H57N4O8P/c1-12-46-49(45)24-23-39(25-26-17-13-14-18-27(26)28-37-20-22-38(28)11)29(33(2,3)4)36(49,30(41)42)19-15-16-21-40(31(43)47-34(5,6)7)32(44)48-35(8,9)10/h13-14,17-18,20,22,29H,12,15-16,19,21,23-25H2,1-11H3,(H,41,42). The lowest BCUT2D eigenvalue weighted by Gasteiger charge is -2.55. The second kappa shape index (κ2) is 15.4. The van der Waals surface area contributed by atoms with Gasteiger partial charge in [0.05, 0.1) is 6.61 Å². The Hall–Kier alpha value is -3.21. The summed E-state index contributed by atoms with van der Waals surface area (Å²) in [5.74, 6) is -0.383. The average molecular weight is 705 g/mol. The molecule has 1 aliphatic heterocycles. The van der Waals surface area contributed by atoms with Crippen LogP contribution in [0.2, 0.25) is 0 Å². The van der Waals surface area contributed by atoms with Crippen molar-refractivity contribution < 1.29 is 38.1 Å². The number of amides is 2. The van der Waals surface area contributed by atoms with E-state index in [9.17, 15) is 24.1 Å². The highest BCUT2D eigenvalue weighted by molar-refractivity contribution is 7.62. The van der Waals surface area contributed by atoms with Crippen molar-refractivity contribution in [3.05, 3.63) is 42.2 Å². The number of rotatable bonds is 11. The number of imidazole rings is 1. The van der Waals surface area contributed by atoms with Crippen LogP contribution in [-0.2, 0) is 36.9 Å². The first kappa shape index (κ1) is 40.2. The molecule has 0 radical (unpaired) electrons. The SMILES string of the molecule is CCOP1(=O)CCN(Cc2ccccc2-c2nccn2C)C(C(C)(C)C)C1(CCCCN(C(=O)OC(C)(C)C)C(=O)OC(C)(C)C)C(=O)O. The molecule has 1 aliphatic rings. The van der Waals surface area contributed by atoms with Crippen molar-refractivity contribution in [3.8, 4) is 11.4 Å². The zero-order valence-electron chi connectivity index (χ0n) is 31.2. The van der Waals surface area contributed by atoms with E-state index in [-0.39, 0.29) is 38.6 Å². The van der Waals surface area contributed by atoms with Gasteiger partial charge >= 0.3 is 18.2 Å². The molecular formula is C36H57N4O8P. The second-order valence-corrected chi connectivity index (χ2v) is 18.7. The molecule has 13 heteroatoms. The van der Waals surface area contributed by atoms with Gasteiger partial charge < -0.3 is 23.7 Å². The first-order valence-corrected chi connectivity index (χ1v) is 18.9. The summed E-state index contributed by atoms with van der Waals surface area (Å²) in [6, 6.07) is 7.24. The van der Waals surface area contributed by atoms with Crippen molar-refractivity contribution in [1.82, 2.24) is 19.4 Å². The number of aryl methyl sites for hydroxylation is 1. The topological polar surface area (TPSA) is 140 Å². The highest BCUT2D eigenvalue weighted by Crippen LogP contribution is 2.67. The molecule has 2 aromatic rings. The lowest BCUT2D eigenvalue weighted by Crippen LogP contribution is -2.66. The van der Waals surface area contributed by atoms with E-state index in [0.717, 1.165) is 21.9 Å². The zero-order chi connectivity index (χ0) is 37.0. The number of hydrogen-bond acceptors (Lipinski definition) is 9.